The van der Waals surface area contributed by atoms with Gasteiger partial charge in [-0.25, -0.2) is 14.4 Å². The molecule has 0 amide bonds. The zero-order chi connectivity index (χ0) is 18.2. The van der Waals surface area contributed by atoms with Gasteiger partial charge < -0.3 is 14.2 Å². The molecule has 0 fully saturated rings. The van der Waals surface area contributed by atoms with Crippen molar-refractivity contribution in [3.63, 3.8) is 0 Å². The maximum absolute atomic E-state index is 11.4. The highest BCUT2D eigenvalue weighted by Crippen LogP contribution is 2.05. The van der Waals surface area contributed by atoms with Gasteiger partial charge in [0.05, 0.1) is 6.61 Å². The molecule has 0 saturated heterocycles. The Hall–Kier alpha value is -2.11. The Labute approximate surface area is 143 Å². The van der Waals surface area contributed by atoms with Gasteiger partial charge in [-0.3, -0.25) is 0 Å². The molecule has 0 aromatic rings. The molecule has 0 rings (SSSR count). The van der Waals surface area contributed by atoms with Gasteiger partial charge in [-0.15, -0.1) is 0 Å². The van der Waals surface area contributed by atoms with E-state index in [1.54, 1.807) is 0 Å². The molecule has 6 heteroatoms. The zero-order valence-corrected chi connectivity index (χ0v) is 14.7. The minimum absolute atomic E-state index is 0.0618. The SMILES string of the molecule is C=C(C)C(=O)OCCOC(=O)C=CC(=O)OCCCCCCCC. The van der Waals surface area contributed by atoms with Crippen LogP contribution in [0.2, 0.25) is 0 Å². The lowest BCUT2D eigenvalue weighted by atomic mass is 10.1. The molecule has 0 bridgehead atoms. The summed E-state index contributed by atoms with van der Waals surface area (Å²) in [5.41, 5.74) is 0.273. The van der Waals surface area contributed by atoms with E-state index in [4.69, 9.17) is 14.2 Å². The predicted molar refractivity (Wildman–Crippen MR) is 90.2 cm³/mol. The van der Waals surface area contributed by atoms with E-state index < -0.39 is 17.9 Å². The third kappa shape index (κ3) is 13.5. The smallest absolute Gasteiger partial charge is 0.333 e. The number of carbonyl (C=O) groups excluding carboxylic acids is 3. The van der Waals surface area contributed by atoms with Crippen LogP contribution in [0.3, 0.4) is 0 Å². The molecule has 0 atom stereocenters. The molecule has 24 heavy (non-hydrogen) atoms. The van der Waals surface area contributed by atoms with Crippen molar-refractivity contribution in [2.45, 2.75) is 52.4 Å². The molecule has 0 heterocycles. The summed E-state index contributed by atoms with van der Waals surface area (Å²) < 4.78 is 14.5. The highest BCUT2D eigenvalue weighted by Gasteiger charge is 2.04. The first-order chi connectivity index (χ1) is 11.5. The Kier molecular flexibility index (Phi) is 13.2. The van der Waals surface area contributed by atoms with E-state index in [-0.39, 0.29) is 18.8 Å². The third-order valence-corrected chi connectivity index (χ3v) is 3.01. The number of esters is 3. The number of carbonyl (C=O) groups is 3. The molecule has 136 valence electrons. The Morgan fingerprint density at radius 3 is 1.88 bits per heavy atom. The van der Waals surface area contributed by atoms with Gasteiger partial charge in [0.15, 0.2) is 0 Å². The Bertz CT molecular complexity index is 439. The predicted octanol–water partition coefficient (Wildman–Crippen LogP) is 3.11. The molecule has 6 nitrogen and oxygen atoms in total. The molecule has 0 aromatic heterocycles. The summed E-state index contributed by atoms with van der Waals surface area (Å²) in [6.45, 7) is 7.30. The van der Waals surface area contributed by atoms with Gasteiger partial charge in [0, 0.05) is 17.7 Å². The number of rotatable bonds is 13. The van der Waals surface area contributed by atoms with Crippen LogP contribution in [-0.2, 0) is 28.6 Å². The normalized spacial score (nSPS) is 10.4. The van der Waals surface area contributed by atoms with Crippen LogP contribution in [0.1, 0.15) is 52.4 Å². The summed E-state index contributed by atoms with van der Waals surface area (Å²) in [7, 11) is 0. The second-order valence-corrected chi connectivity index (χ2v) is 5.35. The molecule has 0 saturated carbocycles. The molecule has 0 radical (unpaired) electrons. The van der Waals surface area contributed by atoms with Gasteiger partial charge >= 0.3 is 17.9 Å². The summed E-state index contributed by atoms with van der Waals surface area (Å²) in [6.07, 6.45) is 8.65. The van der Waals surface area contributed by atoms with Crippen molar-refractivity contribution < 1.29 is 28.6 Å². The van der Waals surface area contributed by atoms with Crippen molar-refractivity contribution in [1.82, 2.24) is 0 Å². The first-order valence-corrected chi connectivity index (χ1v) is 8.31. The van der Waals surface area contributed by atoms with Gasteiger partial charge in [0.2, 0.25) is 0 Å². The van der Waals surface area contributed by atoms with Crippen molar-refractivity contribution in [2.75, 3.05) is 19.8 Å². The van der Waals surface area contributed by atoms with Crippen LogP contribution in [0.15, 0.2) is 24.3 Å². The standard InChI is InChI=1S/C18H28O6/c1-4-5-6-7-8-9-12-22-16(19)10-11-17(20)23-13-14-24-18(21)15(2)3/h10-11H,2,4-9,12-14H2,1,3H3. The van der Waals surface area contributed by atoms with Crippen molar-refractivity contribution in [1.29, 1.82) is 0 Å². The second-order valence-electron chi connectivity index (χ2n) is 5.35. The minimum atomic E-state index is -0.696. The molecular formula is C18H28O6. The largest absolute Gasteiger partial charge is 0.463 e. The first-order valence-electron chi connectivity index (χ1n) is 8.31. The van der Waals surface area contributed by atoms with Gasteiger partial charge in [0.1, 0.15) is 13.2 Å². The first kappa shape index (κ1) is 21.9. The molecule has 0 aliphatic heterocycles. The minimum Gasteiger partial charge on any atom is -0.463 e. The molecule has 0 unspecified atom stereocenters. The fourth-order valence-electron chi connectivity index (χ4n) is 1.69. The lowest BCUT2D eigenvalue weighted by Gasteiger charge is -2.04. The van der Waals surface area contributed by atoms with E-state index in [1.165, 1.54) is 26.2 Å². The van der Waals surface area contributed by atoms with E-state index in [2.05, 4.69) is 13.5 Å². The molecule has 0 aliphatic carbocycles. The highest BCUT2D eigenvalue weighted by molar-refractivity contribution is 5.91. The van der Waals surface area contributed by atoms with Crippen LogP contribution in [0.4, 0.5) is 0 Å². The maximum Gasteiger partial charge on any atom is 0.333 e. The summed E-state index contributed by atoms with van der Waals surface area (Å²) in [6, 6.07) is 0. The van der Waals surface area contributed by atoms with Crippen molar-refractivity contribution in [3.8, 4) is 0 Å². The zero-order valence-electron chi connectivity index (χ0n) is 14.7. The van der Waals surface area contributed by atoms with Crippen LogP contribution in [0.5, 0.6) is 0 Å². The number of unbranched alkanes of at least 4 members (excludes halogenated alkanes) is 5. The van der Waals surface area contributed by atoms with Gasteiger partial charge in [-0.05, 0) is 13.3 Å². The third-order valence-electron chi connectivity index (χ3n) is 3.01. The monoisotopic (exact) mass is 340 g/mol. The van der Waals surface area contributed by atoms with E-state index in [1.807, 2.05) is 0 Å². The van der Waals surface area contributed by atoms with E-state index in [0.717, 1.165) is 31.4 Å². The molecule has 0 spiro atoms. The lowest BCUT2D eigenvalue weighted by molar-refractivity contribution is -0.146. The van der Waals surface area contributed by atoms with Gasteiger partial charge in [-0.1, -0.05) is 45.6 Å². The summed E-state index contributed by atoms with van der Waals surface area (Å²) in [5, 5.41) is 0. The second kappa shape index (κ2) is 14.5. The number of ether oxygens (including phenoxy) is 3. The summed E-state index contributed by atoms with van der Waals surface area (Å²) >= 11 is 0. The molecule has 0 aromatic carbocycles. The topological polar surface area (TPSA) is 78.9 Å². The van der Waals surface area contributed by atoms with Gasteiger partial charge in [-0.2, -0.15) is 0 Å². The highest BCUT2D eigenvalue weighted by atomic mass is 16.6. The average molecular weight is 340 g/mol. The summed E-state index contributed by atoms with van der Waals surface area (Å²) in [4.78, 5) is 33.8. The quantitative estimate of drug-likeness (QED) is 0.222. The Balaban J connectivity index is 3.65. The van der Waals surface area contributed by atoms with Crippen molar-refractivity contribution in [3.05, 3.63) is 24.3 Å². The molecular weight excluding hydrogens is 312 g/mol. The maximum atomic E-state index is 11.4. The Morgan fingerprint density at radius 1 is 0.792 bits per heavy atom. The molecule has 0 aliphatic rings. The average Bonchev–Trinajstić information content (AvgIpc) is 2.55. The van der Waals surface area contributed by atoms with Crippen LogP contribution in [0, 0.1) is 0 Å². The number of hydrogen-bond acceptors (Lipinski definition) is 6. The van der Waals surface area contributed by atoms with E-state index >= 15 is 0 Å². The van der Waals surface area contributed by atoms with Crippen LogP contribution in [0.25, 0.3) is 0 Å². The van der Waals surface area contributed by atoms with Crippen molar-refractivity contribution >= 4 is 17.9 Å². The van der Waals surface area contributed by atoms with E-state index in [0.29, 0.717) is 6.61 Å². The van der Waals surface area contributed by atoms with Crippen molar-refractivity contribution in [2.24, 2.45) is 0 Å². The Morgan fingerprint density at radius 2 is 1.29 bits per heavy atom. The number of hydrogen-bond donors (Lipinski definition) is 0. The summed E-state index contributed by atoms with van der Waals surface area (Å²) in [5.74, 6) is -1.81. The van der Waals surface area contributed by atoms with Crippen LogP contribution < -0.4 is 0 Å². The lowest BCUT2D eigenvalue weighted by Crippen LogP contribution is -2.13. The fourth-order valence-corrected chi connectivity index (χ4v) is 1.69. The van der Waals surface area contributed by atoms with Gasteiger partial charge in [0.25, 0.3) is 0 Å². The van der Waals surface area contributed by atoms with E-state index in [9.17, 15) is 14.4 Å². The molecule has 0 N–H and O–H groups in total. The van der Waals surface area contributed by atoms with Crippen LogP contribution >= 0.6 is 0 Å². The van der Waals surface area contributed by atoms with Crippen LogP contribution in [-0.4, -0.2) is 37.7 Å². The fraction of sp³-hybridized carbons (Fsp3) is 0.611.